The summed E-state index contributed by atoms with van der Waals surface area (Å²) in [5, 5.41) is 1.74. The molecule has 3 heterocycles. The van der Waals surface area contributed by atoms with E-state index in [9.17, 15) is 4.79 Å². The Kier molecular flexibility index (Phi) is 5.84. The van der Waals surface area contributed by atoms with E-state index in [1.54, 1.807) is 17.2 Å². The van der Waals surface area contributed by atoms with E-state index in [0.29, 0.717) is 12.1 Å². The van der Waals surface area contributed by atoms with E-state index in [0.717, 1.165) is 35.4 Å². The maximum absolute atomic E-state index is 12.5. The quantitative estimate of drug-likeness (QED) is 0.574. The number of hydroxylamine groups is 2. The second-order valence-electron chi connectivity index (χ2n) is 9.94. The van der Waals surface area contributed by atoms with Crippen LogP contribution in [0.25, 0.3) is 11.3 Å². The smallest absolute Gasteiger partial charge is 0.399 e. The maximum Gasteiger partial charge on any atom is 0.494 e. The number of hydrogen-bond acceptors (Lipinski definition) is 6. The summed E-state index contributed by atoms with van der Waals surface area (Å²) in [5.41, 5.74) is 2.71. The minimum Gasteiger partial charge on any atom is -0.399 e. The van der Waals surface area contributed by atoms with Gasteiger partial charge in [-0.25, -0.2) is 9.78 Å². The Balaban J connectivity index is 1.28. The molecule has 0 spiro atoms. The van der Waals surface area contributed by atoms with Gasteiger partial charge in [0.15, 0.2) is 0 Å². The lowest BCUT2D eigenvalue weighted by atomic mass is 9.79. The molecule has 2 aromatic carbocycles. The van der Waals surface area contributed by atoms with Crippen LogP contribution in [0.4, 0.5) is 0 Å². The van der Waals surface area contributed by atoms with Gasteiger partial charge in [0.05, 0.1) is 28.7 Å². The number of hydrogen-bond donors (Lipinski definition) is 1. The first-order chi connectivity index (χ1) is 16.2. The standard InChI is InChI=1S/C26H30BN3O4/c1-25(2)26(3,4)34-27(33-25)20-14-12-18(13-15-20)21-17-28-23(29-21)22-11-8-16-30(22)32-24(31)19-9-6-5-7-10-19/h5-7,9-10,12-15,17,22H,8,11,16H2,1-4H3,(H,28,29)/t22-/m1/s1. The average molecular weight is 459 g/mol. The molecule has 2 saturated heterocycles. The third-order valence-corrected chi connectivity index (χ3v) is 7.07. The first-order valence-corrected chi connectivity index (χ1v) is 11.8. The van der Waals surface area contributed by atoms with Crippen LogP contribution < -0.4 is 5.46 Å². The fourth-order valence-electron chi connectivity index (χ4n) is 4.31. The molecule has 8 heteroatoms. The lowest BCUT2D eigenvalue weighted by molar-refractivity contribution is -0.121. The van der Waals surface area contributed by atoms with Gasteiger partial charge in [-0.1, -0.05) is 42.5 Å². The van der Waals surface area contributed by atoms with Crippen molar-refractivity contribution < 1.29 is 18.9 Å². The van der Waals surface area contributed by atoms with Crippen LogP contribution in [-0.4, -0.2) is 45.9 Å². The Labute approximate surface area is 200 Å². The summed E-state index contributed by atoms with van der Waals surface area (Å²) in [6.45, 7) is 8.89. The number of H-pyrrole nitrogens is 1. The molecule has 0 saturated carbocycles. The molecular weight excluding hydrogens is 429 g/mol. The average Bonchev–Trinajstić information content (AvgIpc) is 3.52. The molecular formula is C26H30BN3O4. The van der Waals surface area contributed by atoms with Crippen LogP contribution in [0, 0.1) is 0 Å². The highest BCUT2D eigenvalue weighted by Gasteiger charge is 2.51. The topological polar surface area (TPSA) is 76.7 Å². The number of rotatable bonds is 5. The molecule has 0 unspecified atom stereocenters. The summed E-state index contributed by atoms with van der Waals surface area (Å²) in [6.07, 6.45) is 3.64. The van der Waals surface area contributed by atoms with Gasteiger partial charge in [-0.05, 0) is 63.7 Å². The van der Waals surface area contributed by atoms with Crippen molar-refractivity contribution in [1.29, 1.82) is 0 Å². The van der Waals surface area contributed by atoms with Gasteiger partial charge in [-0.15, -0.1) is 5.06 Å². The van der Waals surface area contributed by atoms with Crippen LogP contribution >= 0.6 is 0 Å². The molecule has 0 bridgehead atoms. The molecule has 2 aliphatic rings. The molecule has 2 aliphatic heterocycles. The number of carbonyl (C=O) groups is 1. The van der Waals surface area contributed by atoms with Crippen molar-refractivity contribution in [2.45, 2.75) is 57.8 Å². The summed E-state index contributed by atoms with van der Waals surface area (Å²) in [5.74, 6) is 0.445. The predicted octanol–water partition coefficient (Wildman–Crippen LogP) is 4.28. The van der Waals surface area contributed by atoms with Gasteiger partial charge >= 0.3 is 13.1 Å². The fourth-order valence-corrected chi connectivity index (χ4v) is 4.31. The zero-order valence-electron chi connectivity index (χ0n) is 20.1. The monoisotopic (exact) mass is 459 g/mol. The molecule has 1 N–H and O–H groups in total. The minimum atomic E-state index is -0.386. The van der Waals surface area contributed by atoms with Gasteiger partial charge in [0.25, 0.3) is 0 Å². The maximum atomic E-state index is 12.5. The van der Waals surface area contributed by atoms with Crippen molar-refractivity contribution in [2.75, 3.05) is 6.54 Å². The zero-order valence-corrected chi connectivity index (χ0v) is 20.1. The largest absolute Gasteiger partial charge is 0.494 e. The van der Waals surface area contributed by atoms with Crippen LogP contribution in [0.3, 0.4) is 0 Å². The van der Waals surface area contributed by atoms with E-state index in [2.05, 4.69) is 37.7 Å². The van der Waals surface area contributed by atoms with Crippen molar-refractivity contribution >= 4 is 18.6 Å². The molecule has 7 nitrogen and oxygen atoms in total. The van der Waals surface area contributed by atoms with Crippen molar-refractivity contribution in [1.82, 2.24) is 15.0 Å². The second kappa shape index (κ2) is 8.69. The van der Waals surface area contributed by atoms with Gasteiger partial charge in [-0.2, -0.15) is 0 Å². The van der Waals surface area contributed by atoms with Gasteiger partial charge in [0, 0.05) is 6.54 Å². The molecule has 176 valence electrons. The van der Waals surface area contributed by atoms with Gasteiger partial charge in [-0.3, -0.25) is 0 Å². The predicted molar refractivity (Wildman–Crippen MR) is 130 cm³/mol. The SMILES string of the molecule is CC1(C)OB(c2ccc(-c3cnc([C@H]4CCCN4OC(=O)c4ccccc4)[nH]3)cc2)OC1(C)C. The van der Waals surface area contributed by atoms with Crippen LogP contribution in [0.2, 0.25) is 0 Å². The zero-order chi connectivity index (χ0) is 23.9. The van der Waals surface area contributed by atoms with Crippen molar-refractivity contribution in [3.63, 3.8) is 0 Å². The number of nitrogens with one attached hydrogen (secondary N) is 1. The molecule has 5 rings (SSSR count). The molecule has 34 heavy (non-hydrogen) atoms. The highest BCUT2D eigenvalue weighted by Crippen LogP contribution is 2.37. The van der Waals surface area contributed by atoms with Gasteiger partial charge in [0.1, 0.15) is 11.9 Å². The third kappa shape index (κ3) is 4.29. The number of nitrogens with zero attached hydrogens (tertiary/aromatic N) is 2. The Morgan fingerprint density at radius 2 is 1.74 bits per heavy atom. The molecule has 2 fully saturated rings. The first-order valence-electron chi connectivity index (χ1n) is 11.8. The highest BCUT2D eigenvalue weighted by atomic mass is 16.7. The van der Waals surface area contributed by atoms with E-state index in [-0.39, 0.29) is 30.3 Å². The molecule has 1 aromatic heterocycles. The van der Waals surface area contributed by atoms with Crippen molar-refractivity contribution in [3.8, 4) is 11.3 Å². The van der Waals surface area contributed by atoms with E-state index < -0.39 is 0 Å². The van der Waals surface area contributed by atoms with Crippen LogP contribution in [0.5, 0.6) is 0 Å². The molecule has 0 radical (unpaired) electrons. The highest BCUT2D eigenvalue weighted by molar-refractivity contribution is 6.62. The van der Waals surface area contributed by atoms with E-state index in [4.69, 9.17) is 14.1 Å². The Bertz CT molecular complexity index is 1140. The number of aromatic nitrogens is 2. The first kappa shape index (κ1) is 22.8. The Hall–Kier alpha value is -2.94. The molecule has 0 aliphatic carbocycles. The van der Waals surface area contributed by atoms with Gasteiger partial charge < -0.3 is 19.1 Å². The number of aromatic amines is 1. The van der Waals surface area contributed by atoms with Gasteiger partial charge in [0.2, 0.25) is 0 Å². The summed E-state index contributed by atoms with van der Waals surface area (Å²) in [7, 11) is -0.386. The second-order valence-corrected chi connectivity index (χ2v) is 9.94. The molecule has 3 aromatic rings. The van der Waals surface area contributed by atoms with Crippen molar-refractivity contribution in [3.05, 3.63) is 72.2 Å². The third-order valence-electron chi connectivity index (χ3n) is 7.07. The van der Waals surface area contributed by atoms with E-state index >= 15 is 0 Å². The summed E-state index contributed by atoms with van der Waals surface area (Å²) in [4.78, 5) is 26.2. The Morgan fingerprint density at radius 1 is 1.06 bits per heavy atom. The van der Waals surface area contributed by atoms with Crippen LogP contribution in [-0.2, 0) is 14.1 Å². The Morgan fingerprint density at radius 3 is 2.41 bits per heavy atom. The number of benzene rings is 2. The molecule has 0 amide bonds. The van der Waals surface area contributed by atoms with E-state index in [1.165, 1.54) is 0 Å². The number of imidazole rings is 1. The normalized spacial score (nSPS) is 21.6. The van der Waals surface area contributed by atoms with Crippen molar-refractivity contribution in [2.24, 2.45) is 0 Å². The minimum absolute atomic E-state index is 0.0922. The summed E-state index contributed by atoms with van der Waals surface area (Å²) >= 11 is 0. The number of carbonyl (C=O) groups excluding carboxylic acids is 1. The summed E-state index contributed by atoms with van der Waals surface area (Å²) in [6, 6.07) is 17.1. The lowest BCUT2D eigenvalue weighted by Crippen LogP contribution is -2.41. The van der Waals surface area contributed by atoms with Crippen LogP contribution in [0.1, 0.15) is 62.8 Å². The molecule has 1 atom stereocenters. The summed E-state index contributed by atoms with van der Waals surface area (Å²) < 4.78 is 12.3. The fraction of sp³-hybridized carbons (Fsp3) is 0.385. The van der Waals surface area contributed by atoms with Crippen LogP contribution in [0.15, 0.2) is 60.8 Å². The lowest BCUT2D eigenvalue weighted by Gasteiger charge is -2.32. The van der Waals surface area contributed by atoms with E-state index in [1.807, 2.05) is 48.7 Å².